The lowest BCUT2D eigenvalue weighted by Gasteiger charge is -2.37. The van der Waals surface area contributed by atoms with Crippen molar-refractivity contribution >= 4 is 17.1 Å². The third-order valence-electron chi connectivity index (χ3n) is 10.9. The standard InChI is InChI=1S/C40H53N5/c1-8-31-21-26(3)43-29(6)36(31)25-42-28(5)35-22-33(24-39(27(35)4)45(9-2)34-15-19-41-20-16-34)32-13-14-37-38(23-32)44-30(7)40(37)17-11-10-12-18-40/h13-14,21-24,34,41-44H,5-12,15-20,25H2,1-4H3. The second-order valence-corrected chi connectivity index (χ2v) is 13.6. The Hall–Kier alpha value is -3.70. The number of anilines is 2. The van der Waals surface area contributed by atoms with Crippen molar-refractivity contribution in [2.45, 2.75) is 90.5 Å². The number of nitrogens with one attached hydrogen (secondary N) is 4. The van der Waals surface area contributed by atoms with Crippen LogP contribution in [0.25, 0.3) is 16.8 Å². The molecule has 2 fully saturated rings. The van der Waals surface area contributed by atoms with Crippen LogP contribution in [-0.4, -0.2) is 32.2 Å². The molecular formula is C40H53N5. The largest absolute Gasteiger partial charge is 0.381 e. The lowest BCUT2D eigenvalue weighted by Crippen LogP contribution is -2.43. The van der Waals surface area contributed by atoms with Crippen LogP contribution in [0.2, 0.25) is 0 Å². The normalized spacial score (nSPS) is 19.6. The average Bonchev–Trinajstić information content (AvgIpc) is 3.31. The second kappa shape index (κ2) is 13.0. The van der Waals surface area contributed by atoms with Crippen molar-refractivity contribution in [2.75, 3.05) is 36.4 Å². The van der Waals surface area contributed by atoms with Gasteiger partial charge in [-0.1, -0.05) is 58.1 Å². The minimum Gasteiger partial charge on any atom is -0.381 e. The van der Waals surface area contributed by atoms with Crippen LogP contribution in [0.15, 0.2) is 84.4 Å². The highest BCUT2D eigenvalue weighted by molar-refractivity contribution is 5.83. The average molecular weight is 604 g/mol. The van der Waals surface area contributed by atoms with Crippen LogP contribution >= 0.6 is 0 Å². The lowest BCUT2D eigenvalue weighted by molar-refractivity contribution is 0.351. The van der Waals surface area contributed by atoms with Crippen molar-refractivity contribution in [3.05, 3.63) is 101 Å². The molecule has 1 saturated heterocycles. The fourth-order valence-corrected chi connectivity index (χ4v) is 8.35. The van der Waals surface area contributed by atoms with E-state index in [2.05, 4.69) is 110 Å². The maximum atomic E-state index is 4.61. The number of allylic oxidation sites excluding steroid dienone is 4. The van der Waals surface area contributed by atoms with E-state index < -0.39 is 0 Å². The van der Waals surface area contributed by atoms with Crippen LogP contribution in [0, 0.1) is 6.92 Å². The van der Waals surface area contributed by atoms with E-state index in [0.717, 1.165) is 56.0 Å². The zero-order chi connectivity index (χ0) is 31.7. The molecule has 238 valence electrons. The van der Waals surface area contributed by atoms with E-state index in [1.807, 2.05) is 0 Å². The van der Waals surface area contributed by atoms with Crippen molar-refractivity contribution in [1.29, 1.82) is 0 Å². The minimum atomic E-state index is 0.0969. The van der Waals surface area contributed by atoms with Gasteiger partial charge in [0.05, 0.1) is 0 Å². The molecule has 0 aromatic heterocycles. The number of benzene rings is 2. The number of fused-ring (bicyclic) bond motifs is 2. The fourth-order valence-electron chi connectivity index (χ4n) is 8.35. The predicted molar refractivity (Wildman–Crippen MR) is 193 cm³/mol. The molecule has 3 heterocycles. The molecule has 45 heavy (non-hydrogen) atoms. The van der Waals surface area contributed by atoms with Crippen molar-refractivity contribution in [3.63, 3.8) is 0 Å². The van der Waals surface area contributed by atoms with Gasteiger partial charge in [-0.2, -0.15) is 0 Å². The first-order chi connectivity index (χ1) is 21.8. The molecule has 6 rings (SSSR count). The van der Waals surface area contributed by atoms with Gasteiger partial charge in [0.1, 0.15) is 0 Å². The van der Waals surface area contributed by atoms with E-state index in [4.69, 9.17) is 0 Å². The number of dihydropyridines is 1. The van der Waals surface area contributed by atoms with E-state index >= 15 is 0 Å². The van der Waals surface area contributed by atoms with Crippen molar-refractivity contribution in [2.24, 2.45) is 0 Å². The molecule has 5 heteroatoms. The SMILES string of the molecule is C=C1NC(C)=CC(CC)=C1CNC(=C)c1cc(-c2ccc3c(c2)NC(=C)C32CCCCC2)cc(N(CC)C2CCNCC2)c1C. The Bertz CT molecular complexity index is 1560. The lowest BCUT2D eigenvalue weighted by atomic mass is 9.69. The van der Waals surface area contributed by atoms with Gasteiger partial charge < -0.3 is 26.2 Å². The van der Waals surface area contributed by atoms with Gasteiger partial charge in [-0.3, -0.25) is 0 Å². The van der Waals surface area contributed by atoms with Gasteiger partial charge in [0, 0.05) is 64.3 Å². The van der Waals surface area contributed by atoms with E-state index in [9.17, 15) is 0 Å². The van der Waals surface area contributed by atoms with Crippen LogP contribution in [0.5, 0.6) is 0 Å². The minimum absolute atomic E-state index is 0.0969. The molecule has 0 atom stereocenters. The third-order valence-corrected chi connectivity index (χ3v) is 10.9. The molecule has 0 radical (unpaired) electrons. The van der Waals surface area contributed by atoms with E-state index in [0.29, 0.717) is 12.6 Å². The third kappa shape index (κ3) is 5.88. The predicted octanol–water partition coefficient (Wildman–Crippen LogP) is 8.67. The molecule has 2 aromatic carbocycles. The molecule has 2 aromatic rings. The quantitative estimate of drug-likeness (QED) is 0.231. The van der Waals surface area contributed by atoms with Crippen LogP contribution in [0.1, 0.15) is 88.8 Å². The van der Waals surface area contributed by atoms with Crippen LogP contribution in [0.3, 0.4) is 0 Å². The monoisotopic (exact) mass is 603 g/mol. The molecule has 1 aliphatic carbocycles. The van der Waals surface area contributed by atoms with Gasteiger partial charge in [-0.05, 0) is 124 Å². The summed E-state index contributed by atoms with van der Waals surface area (Å²) >= 11 is 0. The molecule has 5 nitrogen and oxygen atoms in total. The highest BCUT2D eigenvalue weighted by Crippen LogP contribution is 2.52. The molecular weight excluding hydrogens is 550 g/mol. The molecule has 1 saturated carbocycles. The van der Waals surface area contributed by atoms with Gasteiger partial charge in [-0.25, -0.2) is 0 Å². The fraction of sp³-hybridized carbons (Fsp3) is 0.450. The summed E-state index contributed by atoms with van der Waals surface area (Å²) in [5.41, 5.74) is 15.8. The summed E-state index contributed by atoms with van der Waals surface area (Å²) in [5.74, 6) is 0. The van der Waals surface area contributed by atoms with Crippen LogP contribution in [0.4, 0.5) is 11.4 Å². The Labute approximate surface area is 271 Å². The number of hydrogen-bond acceptors (Lipinski definition) is 5. The first-order valence-corrected chi connectivity index (χ1v) is 17.3. The molecule has 4 N–H and O–H groups in total. The summed E-state index contributed by atoms with van der Waals surface area (Å²) in [6.07, 6.45) is 11.8. The van der Waals surface area contributed by atoms with Crippen molar-refractivity contribution in [3.8, 4) is 11.1 Å². The summed E-state index contributed by atoms with van der Waals surface area (Å²) in [7, 11) is 0. The van der Waals surface area contributed by atoms with Crippen molar-refractivity contribution in [1.82, 2.24) is 16.0 Å². The van der Waals surface area contributed by atoms with Crippen molar-refractivity contribution < 1.29 is 0 Å². The maximum Gasteiger partial charge on any atom is 0.0430 e. The summed E-state index contributed by atoms with van der Waals surface area (Å²) in [6.45, 7) is 26.1. The van der Waals surface area contributed by atoms with Gasteiger partial charge in [-0.15, -0.1) is 0 Å². The molecule has 0 bridgehead atoms. The Morgan fingerprint density at radius 2 is 1.73 bits per heavy atom. The smallest absolute Gasteiger partial charge is 0.0430 e. The summed E-state index contributed by atoms with van der Waals surface area (Å²) in [4.78, 5) is 2.64. The molecule has 3 aliphatic heterocycles. The van der Waals surface area contributed by atoms with E-state index in [1.165, 1.54) is 88.1 Å². The Morgan fingerprint density at radius 3 is 2.44 bits per heavy atom. The number of rotatable bonds is 9. The summed E-state index contributed by atoms with van der Waals surface area (Å²) in [6, 6.07) is 12.4. The van der Waals surface area contributed by atoms with Crippen LogP contribution in [-0.2, 0) is 5.41 Å². The first kappa shape index (κ1) is 31.3. The van der Waals surface area contributed by atoms with Crippen LogP contribution < -0.4 is 26.2 Å². The van der Waals surface area contributed by atoms with Gasteiger partial charge in [0.2, 0.25) is 0 Å². The van der Waals surface area contributed by atoms with E-state index in [-0.39, 0.29) is 5.41 Å². The summed E-state index contributed by atoms with van der Waals surface area (Å²) < 4.78 is 0. The maximum absolute atomic E-state index is 4.61. The zero-order valence-corrected chi connectivity index (χ0v) is 28.1. The zero-order valence-electron chi connectivity index (χ0n) is 28.1. The highest BCUT2D eigenvalue weighted by Gasteiger charge is 2.42. The summed E-state index contributed by atoms with van der Waals surface area (Å²) in [5, 5.41) is 14.4. The Balaban J connectivity index is 1.38. The molecule has 1 spiro atoms. The topological polar surface area (TPSA) is 51.4 Å². The van der Waals surface area contributed by atoms with Gasteiger partial charge in [0.15, 0.2) is 0 Å². The molecule has 0 unspecified atom stereocenters. The Morgan fingerprint density at radius 1 is 0.978 bits per heavy atom. The number of nitrogens with zero attached hydrogens (tertiary/aromatic N) is 1. The van der Waals surface area contributed by atoms with E-state index in [1.54, 1.807) is 0 Å². The second-order valence-electron chi connectivity index (χ2n) is 13.6. The van der Waals surface area contributed by atoms with Gasteiger partial charge >= 0.3 is 0 Å². The molecule has 4 aliphatic rings. The number of hydrogen-bond donors (Lipinski definition) is 4. The van der Waals surface area contributed by atoms with Gasteiger partial charge in [0.25, 0.3) is 0 Å². The number of piperidine rings is 1. The molecule has 0 amide bonds. The Kier molecular flexibility index (Phi) is 9.01. The highest BCUT2D eigenvalue weighted by atomic mass is 15.2. The first-order valence-electron chi connectivity index (χ1n) is 17.3.